The summed E-state index contributed by atoms with van der Waals surface area (Å²) in [6.45, 7) is 3.05. The number of hydrogen-bond acceptors (Lipinski definition) is 2. The minimum absolute atomic E-state index is 0. The number of thiol groups is 1. The van der Waals surface area contributed by atoms with E-state index in [1.165, 1.54) is 13.8 Å². The molecule has 0 bridgehead atoms. The average molecular weight is 144 g/mol. The number of rotatable bonds is 1. The zero-order valence-electron chi connectivity index (χ0n) is 6.30. The van der Waals surface area contributed by atoms with Gasteiger partial charge >= 0.3 is 35.5 Å². The Balaban J connectivity index is -0.000000180. The van der Waals surface area contributed by atoms with Crippen molar-refractivity contribution in [1.82, 2.24) is 0 Å². The minimum Gasteiger partial charge on any atom is -1.00 e. The topological polar surface area (TPSA) is 37.3 Å². The summed E-state index contributed by atoms with van der Waals surface area (Å²) in [5.41, 5.74) is 0. The third-order valence-corrected chi connectivity index (χ3v) is 0.715. The number of hydrogen-bond donors (Lipinski definition) is 2. The van der Waals surface area contributed by atoms with Gasteiger partial charge in [0, 0.05) is 0 Å². The second-order valence-electron chi connectivity index (χ2n) is 1.86. The van der Waals surface area contributed by atoms with Gasteiger partial charge in [-0.3, -0.25) is 4.79 Å². The number of aliphatic carboxylic acids is 1. The average Bonchev–Trinajstić information content (AvgIpc) is 1.31. The minimum atomic E-state index is -0.893. The Labute approximate surface area is 77.8 Å². The van der Waals surface area contributed by atoms with Gasteiger partial charge in [0.1, 0.15) is 4.75 Å². The Hall–Kier alpha value is 0.820. The SMILES string of the molecule is CC(C)(S)C(=O)O.[H-].[Na+]. The van der Waals surface area contributed by atoms with Crippen molar-refractivity contribution in [2.24, 2.45) is 0 Å². The van der Waals surface area contributed by atoms with Crippen molar-refractivity contribution in [3.63, 3.8) is 0 Å². The molecule has 1 N–H and O–H groups in total. The molecule has 0 heterocycles. The van der Waals surface area contributed by atoms with E-state index >= 15 is 0 Å². The van der Waals surface area contributed by atoms with E-state index in [1.807, 2.05) is 0 Å². The summed E-state index contributed by atoms with van der Waals surface area (Å²) in [5.74, 6) is -0.893. The fourth-order valence-corrected chi connectivity index (χ4v) is 0. The van der Waals surface area contributed by atoms with Crippen LogP contribution in [-0.4, -0.2) is 15.8 Å². The molecule has 0 aromatic rings. The predicted octanol–water partition coefficient (Wildman–Crippen LogP) is -2.10. The maximum Gasteiger partial charge on any atom is 1.00 e. The van der Waals surface area contributed by atoms with Gasteiger partial charge in [-0.2, -0.15) is 12.6 Å². The molecule has 4 heteroatoms. The van der Waals surface area contributed by atoms with Gasteiger partial charge in [0.2, 0.25) is 0 Å². The van der Waals surface area contributed by atoms with Crippen molar-refractivity contribution < 1.29 is 40.9 Å². The molecule has 0 aromatic carbocycles. The first-order valence-corrected chi connectivity index (χ1v) is 2.35. The standard InChI is InChI=1S/C4H8O2S.Na.H/c1-4(2,7)3(5)6;;/h7H,1-2H3,(H,5,6);;/q;+1;-1. The molecule has 44 valence electrons. The molecule has 0 spiro atoms. The van der Waals surface area contributed by atoms with Gasteiger partial charge in [-0.1, -0.05) is 0 Å². The Bertz CT molecular complexity index is 91.1. The van der Waals surface area contributed by atoms with Crippen molar-refractivity contribution >= 4 is 18.6 Å². The van der Waals surface area contributed by atoms with Crippen molar-refractivity contribution in [2.45, 2.75) is 18.6 Å². The van der Waals surface area contributed by atoms with Crippen LogP contribution in [0.25, 0.3) is 0 Å². The van der Waals surface area contributed by atoms with E-state index in [4.69, 9.17) is 5.11 Å². The van der Waals surface area contributed by atoms with E-state index in [-0.39, 0.29) is 31.0 Å². The van der Waals surface area contributed by atoms with Crippen LogP contribution in [0.1, 0.15) is 15.3 Å². The van der Waals surface area contributed by atoms with E-state index in [2.05, 4.69) is 12.6 Å². The molecule has 0 rings (SSSR count). The summed E-state index contributed by atoms with van der Waals surface area (Å²) < 4.78 is -0.889. The first-order valence-electron chi connectivity index (χ1n) is 1.90. The van der Waals surface area contributed by atoms with Crippen LogP contribution < -0.4 is 29.6 Å². The fraction of sp³-hybridized carbons (Fsp3) is 0.750. The number of carbonyl (C=O) groups is 1. The Kier molecular flexibility index (Phi) is 5.47. The maximum atomic E-state index is 9.94. The van der Waals surface area contributed by atoms with Gasteiger partial charge in [0.15, 0.2) is 0 Å². The monoisotopic (exact) mass is 144 g/mol. The molecule has 0 atom stereocenters. The molecule has 0 unspecified atom stereocenters. The van der Waals surface area contributed by atoms with Crippen molar-refractivity contribution in [2.75, 3.05) is 0 Å². The van der Waals surface area contributed by atoms with Crippen LogP contribution in [0.5, 0.6) is 0 Å². The van der Waals surface area contributed by atoms with Crippen LogP contribution in [0, 0.1) is 0 Å². The van der Waals surface area contributed by atoms with Gasteiger partial charge in [-0.15, -0.1) is 0 Å². The zero-order valence-corrected chi connectivity index (χ0v) is 8.20. The molecule has 0 fully saturated rings. The van der Waals surface area contributed by atoms with Crippen molar-refractivity contribution in [1.29, 1.82) is 0 Å². The molecule has 0 aliphatic carbocycles. The largest absolute Gasteiger partial charge is 1.00 e. The summed E-state index contributed by atoms with van der Waals surface area (Å²) in [6, 6.07) is 0. The second kappa shape index (κ2) is 3.77. The molecule has 0 aliphatic heterocycles. The van der Waals surface area contributed by atoms with Crippen LogP contribution >= 0.6 is 12.6 Å². The molecular formula is C4H9NaO2S. The quantitative estimate of drug-likeness (QED) is 0.326. The molecule has 0 aliphatic rings. The van der Waals surface area contributed by atoms with Crippen LogP contribution in [0.4, 0.5) is 0 Å². The second-order valence-corrected chi connectivity index (χ2v) is 2.98. The van der Waals surface area contributed by atoms with Crippen LogP contribution in [-0.2, 0) is 4.79 Å². The van der Waals surface area contributed by atoms with E-state index in [1.54, 1.807) is 0 Å². The summed E-state index contributed by atoms with van der Waals surface area (Å²) in [6.07, 6.45) is 0. The molecule has 0 saturated heterocycles. The third-order valence-electron chi connectivity index (χ3n) is 0.523. The number of carboxylic acid groups (broad SMARTS) is 1. The molecule has 0 radical (unpaired) electrons. The molecule has 0 aromatic heterocycles. The van der Waals surface area contributed by atoms with Gasteiger partial charge in [-0.05, 0) is 13.8 Å². The smallest absolute Gasteiger partial charge is 1.00 e. The van der Waals surface area contributed by atoms with E-state index in [9.17, 15) is 4.79 Å². The normalized spacial score (nSPS) is 9.88. The van der Waals surface area contributed by atoms with E-state index < -0.39 is 10.7 Å². The molecule has 8 heavy (non-hydrogen) atoms. The van der Waals surface area contributed by atoms with E-state index in [0.717, 1.165) is 0 Å². The summed E-state index contributed by atoms with van der Waals surface area (Å²) >= 11 is 3.75. The van der Waals surface area contributed by atoms with Crippen LogP contribution in [0.3, 0.4) is 0 Å². The van der Waals surface area contributed by atoms with Crippen LogP contribution in [0.2, 0.25) is 0 Å². The van der Waals surface area contributed by atoms with Crippen LogP contribution in [0.15, 0.2) is 0 Å². The van der Waals surface area contributed by atoms with Crippen molar-refractivity contribution in [3.05, 3.63) is 0 Å². The van der Waals surface area contributed by atoms with Gasteiger partial charge in [0.25, 0.3) is 0 Å². The Morgan fingerprint density at radius 2 is 1.88 bits per heavy atom. The maximum absolute atomic E-state index is 9.94. The Morgan fingerprint density at radius 3 is 1.88 bits per heavy atom. The van der Waals surface area contributed by atoms with Gasteiger partial charge < -0.3 is 6.53 Å². The molecular weight excluding hydrogens is 135 g/mol. The Morgan fingerprint density at radius 1 is 1.75 bits per heavy atom. The third kappa shape index (κ3) is 4.97. The first kappa shape index (κ1) is 11.6. The summed E-state index contributed by atoms with van der Waals surface area (Å²) in [4.78, 5) is 9.94. The number of carboxylic acids is 1. The summed E-state index contributed by atoms with van der Waals surface area (Å²) in [7, 11) is 0. The fourth-order valence-electron chi connectivity index (χ4n) is 0. The predicted molar refractivity (Wildman–Crippen MR) is 31.8 cm³/mol. The molecule has 0 amide bonds. The zero-order chi connectivity index (χ0) is 6.08. The van der Waals surface area contributed by atoms with Crippen molar-refractivity contribution in [3.8, 4) is 0 Å². The van der Waals surface area contributed by atoms with Gasteiger partial charge in [0.05, 0.1) is 0 Å². The van der Waals surface area contributed by atoms with Gasteiger partial charge in [-0.25, -0.2) is 0 Å². The first-order chi connectivity index (χ1) is 2.94. The van der Waals surface area contributed by atoms with E-state index in [0.29, 0.717) is 0 Å². The molecule has 2 nitrogen and oxygen atoms in total. The summed E-state index contributed by atoms with van der Waals surface area (Å²) in [5, 5.41) is 8.17. The molecule has 0 saturated carbocycles.